The molecule has 1 aliphatic rings. The van der Waals surface area contributed by atoms with Crippen LogP contribution in [0.4, 0.5) is 5.13 Å². The lowest BCUT2D eigenvalue weighted by molar-refractivity contribution is 0.102. The third-order valence-corrected chi connectivity index (χ3v) is 9.42. The minimum atomic E-state index is -3.55. The molecule has 7 nitrogen and oxygen atoms in total. The van der Waals surface area contributed by atoms with Crippen LogP contribution in [0.3, 0.4) is 0 Å². The molecule has 1 saturated heterocycles. The SMILES string of the molecule is Cc1nc2c(ccc3nc(NC(=O)c4ccc(S(=O)(=O)N5CCCC(C)C5)cc4)sc32)s1. The van der Waals surface area contributed by atoms with Gasteiger partial charge >= 0.3 is 0 Å². The lowest BCUT2D eigenvalue weighted by atomic mass is 10.0. The van der Waals surface area contributed by atoms with Crippen LogP contribution >= 0.6 is 22.7 Å². The smallest absolute Gasteiger partial charge is 0.257 e. The van der Waals surface area contributed by atoms with Gasteiger partial charge in [-0.25, -0.2) is 18.4 Å². The first-order valence-corrected chi connectivity index (χ1v) is 13.5. The third kappa shape index (κ3) is 3.92. The van der Waals surface area contributed by atoms with E-state index in [2.05, 4.69) is 22.2 Å². The monoisotopic (exact) mass is 486 g/mol. The van der Waals surface area contributed by atoms with Crippen LogP contribution in [0, 0.1) is 12.8 Å². The molecule has 32 heavy (non-hydrogen) atoms. The van der Waals surface area contributed by atoms with Crippen LogP contribution in [-0.4, -0.2) is 41.7 Å². The number of sulfonamides is 1. The molecule has 1 unspecified atom stereocenters. The molecule has 1 atom stereocenters. The maximum atomic E-state index is 12.9. The quantitative estimate of drug-likeness (QED) is 0.443. The van der Waals surface area contributed by atoms with Gasteiger partial charge in [-0.2, -0.15) is 4.31 Å². The molecule has 4 aromatic rings. The minimum absolute atomic E-state index is 0.212. The molecular formula is C22H22N4O3S3. The summed E-state index contributed by atoms with van der Waals surface area (Å²) in [4.78, 5) is 22.1. The Morgan fingerprint density at radius 2 is 1.91 bits per heavy atom. The number of nitrogens with zero attached hydrogens (tertiary/aromatic N) is 3. The Kier molecular flexibility index (Phi) is 5.48. The zero-order valence-electron chi connectivity index (χ0n) is 17.7. The first-order chi connectivity index (χ1) is 15.3. The number of amides is 1. The van der Waals surface area contributed by atoms with E-state index in [-0.39, 0.29) is 10.8 Å². The van der Waals surface area contributed by atoms with E-state index >= 15 is 0 Å². The molecule has 1 amide bonds. The predicted octanol–water partition coefficient (Wildman–Crippen LogP) is 4.89. The Hall–Kier alpha value is -2.40. The Balaban J connectivity index is 1.35. The number of piperidine rings is 1. The number of benzene rings is 2. The second kappa shape index (κ2) is 8.18. The fourth-order valence-corrected chi connectivity index (χ4v) is 7.45. The fraction of sp³-hybridized carbons (Fsp3) is 0.318. The molecule has 2 aromatic carbocycles. The molecule has 0 aliphatic carbocycles. The first-order valence-electron chi connectivity index (χ1n) is 10.4. The number of nitrogens with one attached hydrogen (secondary N) is 1. The summed E-state index contributed by atoms with van der Waals surface area (Å²) in [6.45, 7) is 5.11. The maximum absolute atomic E-state index is 12.9. The van der Waals surface area contributed by atoms with Crippen molar-refractivity contribution in [2.75, 3.05) is 18.4 Å². The van der Waals surface area contributed by atoms with Crippen molar-refractivity contribution in [2.45, 2.75) is 31.6 Å². The number of fused-ring (bicyclic) bond motifs is 3. The molecule has 2 aromatic heterocycles. The number of rotatable bonds is 4. The lowest BCUT2D eigenvalue weighted by Crippen LogP contribution is -2.39. The number of hydrogen-bond acceptors (Lipinski definition) is 7. The fourth-order valence-electron chi connectivity index (χ4n) is 4.00. The van der Waals surface area contributed by atoms with Crippen molar-refractivity contribution < 1.29 is 13.2 Å². The molecule has 166 valence electrons. The molecule has 0 bridgehead atoms. The van der Waals surface area contributed by atoms with Gasteiger partial charge in [0, 0.05) is 18.7 Å². The van der Waals surface area contributed by atoms with Crippen LogP contribution in [0.25, 0.3) is 20.4 Å². The van der Waals surface area contributed by atoms with Gasteiger partial charge in [0.1, 0.15) is 5.52 Å². The van der Waals surface area contributed by atoms with Gasteiger partial charge in [-0.05, 0) is 62.1 Å². The van der Waals surface area contributed by atoms with Crippen molar-refractivity contribution in [3.05, 3.63) is 47.0 Å². The van der Waals surface area contributed by atoms with Gasteiger partial charge < -0.3 is 0 Å². The number of aryl methyl sites for hydroxylation is 1. The number of aromatic nitrogens is 2. The third-order valence-electron chi connectivity index (χ3n) is 5.62. The first kappa shape index (κ1) is 21.4. The van der Waals surface area contributed by atoms with E-state index in [0.717, 1.165) is 38.3 Å². The van der Waals surface area contributed by atoms with Crippen molar-refractivity contribution in [1.82, 2.24) is 14.3 Å². The van der Waals surface area contributed by atoms with Crippen molar-refractivity contribution >= 4 is 64.2 Å². The van der Waals surface area contributed by atoms with E-state index < -0.39 is 10.0 Å². The molecule has 10 heteroatoms. The molecular weight excluding hydrogens is 464 g/mol. The Labute approximate surface area is 194 Å². The molecule has 5 rings (SSSR count). The summed E-state index contributed by atoms with van der Waals surface area (Å²) in [6, 6.07) is 10.0. The highest BCUT2D eigenvalue weighted by Gasteiger charge is 2.28. The van der Waals surface area contributed by atoms with E-state index in [1.807, 2.05) is 19.1 Å². The van der Waals surface area contributed by atoms with Crippen LogP contribution in [0.15, 0.2) is 41.3 Å². The van der Waals surface area contributed by atoms with Gasteiger partial charge in [0.2, 0.25) is 10.0 Å². The Bertz CT molecular complexity index is 1420. The van der Waals surface area contributed by atoms with Crippen LogP contribution in [0.1, 0.15) is 35.1 Å². The molecule has 1 aliphatic heterocycles. The van der Waals surface area contributed by atoms with E-state index in [0.29, 0.717) is 29.7 Å². The number of carbonyl (C=O) groups is 1. The summed E-state index contributed by atoms with van der Waals surface area (Å²) in [5.41, 5.74) is 2.08. The van der Waals surface area contributed by atoms with Gasteiger partial charge in [-0.15, -0.1) is 11.3 Å². The van der Waals surface area contributed by atoms with Crippen molar-refractivity contribution in [3.8, 4) is 0 Å². The van der Waals surface area contributed by atoms with E-state index in [4.69, 9.17) is 0 Å². The summed E-state index contributed by atoms with van der Waals surface area (Å²) in [5.74, 6) is 0.0251. The van der Waals surface area contributed by atoms with Gasteiger partial charge in [-0.1, -0.05) is 18.3 Å². The van der Waals surface area contributed by atoms with Crippen LogP contribution in [0.5, 0.6) is 0 Å². The van der Waals surface area contributed by atoms with Gasteiger partial charge in [0.15, 0.2) is 5.13 Å². The molecule has 1 fully saturated rings. The molecule has 0 radical (unpaired) electrons. The van der Waals surface area contributed by atoms with Gasteiger partial charge in [0.25, 0.3) is 5.91 Å². The predicted molar refractivity (Wildman–Crippen MR) is 129 cm³/mol. The summed E-state index contributed by atoms with van der Waals surface area (Å²) >= 11 is 3.02. The van der Waals surface area contributed by atoms with E-state index in [9.17, 15) is 13.2 Å². The summed E-state index contributed by atoms with van der Waals surface area (Å²) < 4.78 is 29.4. The van der Waals surface area contributed by atoms with Crippen LogP contribution in [0.2, 0.25) is 0 Å². The Morgan fingerprint density at radius 3 is 2.66 bits per heavy atom. The second-order valence-corrected chi connectivity index (χ2v) is 12.3. The van der Waals surface area contributed by atoms with E-state index in [1.54, 1.807) is 23.5 Å². The number of thiazole rings is 2. The highest BCUT2D eigenvalue weighted by atomic mass is 32.2. The largest absolute Gasteiger partial charge is 0.298 e. The second-order valence-electron chi connectivity index (χ2n) is 8.10. The van der Waals surface area contributed by atoms with Crippen LogP contribution in [-0.2, 0) is 10.0 Å². The standard InChI is InChI=1S/C22H22N4O3S3/c1-13-4-3-11-26(12-13)32(28,29)16-7-5-15(6-8-16)21(27)25-22-24-17-9-10-18-19(20(17)31-22)23-14(2)30-18/h5-10,13H,3-4,11-12H2,1-2H3,(H,24,25,27). The van der Waals surface area contributed by atoms with Gasteiger partial charge in [0.05, 0.1) is 24.8 Å². The molecule has 1 N–H and O–H groups in total. The zero-order chi connectivity index (χ0) is 22.5. The average molecular weight is 487 g/mol. The van der Waals surface area contributed by atoms with Crippen molar-refractivity contribution in [3.63, 3.8) is 0 Å². The van der Waals surface area contributed by atoms with Crippen LogP contribution < -0.4 is 5.32 Å². The maximum Gasteiger partial charge on any atom is 0.257 e. The molecule has 3 heterocycles. The van der Waals surface area contributed by atoms with E-state index in [1.165, 1.54) is 27.8 Å². The topological polar surface area (TPSA) is 92.3 Å². The summed E-state index contributed by atoms with van der Waals surface area (Å²) in [7, 11) is -3.55. The average Bonchev–Trinajstić information content (AvgIpc) is 3.35. The minimum Gasteiger partial charge on any atom is -0.298 e. The lowest BCUT2D eigenvalue weighted by Gasteiger charge is -2.30. The molecule has 0 spiro atoms. The zero-order valence-corrected chi connectivity index (χ0v) is 20.1. The Morgan fingerprint density at radius 1 is 1.12 bits per heavy atom. The normalized spacial score (nSPS) is 17.8. The van der Waals surface area contributed by atoms with Crippen molar-refractivity contribution in [2.24, 2.45) is 5.92 Å². The number of anilines is 1. The van der Waals surface area contributed by atoms with Gasteiger partial charge in [-0.3, -0.25) is 10.1 Å². The highest BCUT2D eigenvalue weighted by molar-refractivity contribution is 7.89. The summed E-state index contributed by atoms with van der Waals surface area (Å²) in [6.07, 6.45) is 1.92. The highest BCUT2D eigenvalue weighted by Crippen LogP contribution is 2.35. The number of carbonyl (C=O) groups excluding carboxylic acids is 1. The van der Waals surface area contributed by atoms with Crippen molar-refractivity contribution in [1.29, 1.82) is 0 Å². The summed E-state index contributed by atoms with van der Waals surface area (Å²) in [5, 5.41) is 4.31. The molecule has 0 saturated carbocycles. The number of hydrogen-bond donors (Lipinski definition) is 1.